The predicted molar refractivity (Wildman–Crippen MR) is 79.6 cm³/mol. The molecule has 2 saturated carbocycles. The predicted octanol–water partition coefficient (Wildman–Crippen LogP) is 3.21. The lowest BCUT2D eigenvalue weighted by Gasteiger charge is -2.17. The van der Waals surface area contributed by atoms with Gasteiger partial charge in [0.1, 0.15) is 5.15 Å². The van der Waals surface area contributed by atoms with Crippen LogP contribution in [0.1, 0.15) is 69.4 Å². The van der Waals surface area contributed by atoms with Crippen LogP contribution < -0.4 is 11.2 Å². The number of rotatable bonds is 4. The Morgan fingerprint density at radius 1 is 1.25 bits per heavy atom. The minimum absolute atomic E-state index is 0.0452. The highest BCUT2D eigenvalue weighted by Crippen LogP contribution is 2.37. The molecule has 0 amide bonds. The Morgan fingerprint density at radius 2 is 1.90 bits per heavy atom. The Kier molecular flexibility index (Phi) is 3.76. The average molecular weight is 297 g/mol. The van der Waals surface area contributed by atoms with Gasteiger partial charge in [0.25, 0.3) is 5.56 Å². The molecule has 0 spiro atoms. The summed E-state index contributed by atoms with van der Waals surface area (Å²) >= 11 is 6.14. The van der Waals surface area contributed by atoms with Crippen molar-refractivity contribution in [3.05, 3.63) is 31.6 Å². The van der Waals surface area contributed by atoms with E-state index in [1.165, 1.54) is 17.4 Å². The summed E-state index contributed by atoms with van der Waals surface area (Å²) in [4.78, 5) is 27.5. The first kappa shape index (κ1) is 13.9. The molecule has 1 aromatic heterocycles. The Hall–Kier alpha value is -1.03. The molecule has 4 nitrogen and oxygen atoms in total. The lowest BCUT2D eigenvalue weighted by atomic mass is 10.0. The van der Waals surface area contributed by atoms with Gasteiger partial charge >= 0.3 is 5.69 Å². The van der Waals surface area contributed by atoms with Crippen LogP contribution in [0, 0.1) is 5.92 Å². The van der Waals surface area contributed by atoms with E-state index < -0.39 is 0 Å². The van der Waals surface area contributed by atoms with Crippen molar-refractivity contribution in [1.82, 2.24) is 9.55 Å². The largest absolute Gasteiger partial charge is 0.329 e. The second-order valence-corrected chi connectivity index (χ2v) is 6.72. The van der Waals surface area contributed by atoms with Crippen molar-refractivity contribution in [3.8, 4) is 0 Å². The fourth-order valence-electron chi connectivity index (χ4n) is 3.45. The highest BCUT2D eigenvalue weighted by atomic mass is 35.5. The van der Waals surface area contributed by atoms with E-state index in [2.05, 4.69) is 4.98 Å². The summed E-state index contributed by atoms with van der Waals surface area (Å²) in [6, 6.07) is -0.0452. The first-order valence-electron chi connectivity index (χ1n) is 7.62. The molecule has 5 heteroatoms. The summed E-state index contributed by atoms with van der Waals surface area (Å²) in [6.45, 7) is 1.96. The van der Waals surface area contributed by atoms with Gasteiger partial charge in [-0.2, -0.15) is 0 Å². The van der Waals surface area contributed by atoms with Crippen molar-refractivity contribution in [2.24, 2.45) is 5.92 Å². The molecule has 1 heterocycles. The second kappa shape index (κ2) is 5.40. The van der Waals surface area contributed by atoms with Crippen LogP contribution in [0.3, 0.4) is 0 Å². The molecule has 0 aliphatic heterocycles. The van der Waals surface area contributed by atoms with E-state index in [-0.39, 0.29) is 28.4 Å². The Bertz CT molecular complexity index is 609. The first-order valence-corrected chi connectivity index (χ1v) is 8.00. The maximum Gasteiger partial charge on any atom is 0.329 e. The van der Waals surface area contributed by atoms with Crippen LogP contribution in [0.5, 0.6) is 0 Å². The van der Waals surface area contributed by atoms with E-state index in [9.17, 15) is 9.59 Å². The van der Waals surface area contributed by atoms with E-state index >= 15 is 0 Å². The molecule has 2 fully saturated rings. The third kappa shape index (κ3) is 2.58. The normalized spacial score (nSPS) is 21.3. The Labute approximate surface area is 123 Å². The summed E-state index contributed by atoms with van der Waals surface area (Å²) in [5.74, 6) is 0.896. The highest BCUT2D eigenvalue weighted by Gasteiger charge is 2.29. The number of halogens is 1. The molecule has 2 aliphatic carbocycles. The van der Waals surface area contributed by atoms with E-state index in [1.807, 2.05) is 6.92 Å². The van der Waals surface area contributed by atoms with Gasteiger partial charge in [0, 0.05) is 6.04 Å². The lowest BCUT2D eigenvalue weighted by molar-refractivity contribution is 0.441. The Morgan fingerprint density at radius 3 is 2.50 bits per heavy atom. The summed E-state index contributed by atoms with van der Waals surface area (Å²) in [6.07, 6.45) is 7.62. The summed E-state index contributed by atoms with van der Waals surface area (Å²) in [7, 11) is 0. The number of aromatic amines is 1. The number of H-pyrrole nitrogens is 1. The average Bonchev–Trinajstić information content (AvgIpc) is 3.02. The van der Waals surface area contributed by atoms with Crippen molar-refractivity contribution < 1.29 is 0 Å². The monoisotopic (exact) mass is 296 g/mol. The molecule has 0 bridgehead atoms. The molecule has 0 radical (unpaired) electrons. The van der Waals surface area contributed by atoms with Crippen molar-refractivity contribution in [1.29, 1.82) is 0 Å². The molecule has 1 aromatic rings. The zero-order chi connectivity index (χ0) is 14.3. The molecule has 1 N–H and O–H groups in total. The van der Waals surface area contributed by atoms with Crippen LogP contribution in [0.4, 0.5) is 0 Å². The molecule has 20 heavy (non-hydrogen) atoms. The van der Waals surface area contributed by atoms with Gasteiger partial charge in [-0.1, -0.05) is 37.3 Å². The van der Waals surface area contributed by atoms with E-state index in [0.717, 1.165) is 32.1 Å². The van der Waals surface area contributed by atoms with Gasteiger partial charge in [-0.25, -0.2) is 4.79 Å². The van der Waals surface area contributed by atoms with Crippen LogP contribution >= 0.6 is 11.6 Å². The van der Waals surface area contributed by atoms with Crippen LogP contribution in [0.2, 0.25) is 5.15 Å². The molecular weight excluding hydrogens is 276 g/mol. The molecule has 1 unspecified atom stereocenters. The molecule has 0 aromatic carbocycles. The van der Waals surface area contributed by atoms with E-state index in [0.29, 0.717) is 11.5 Å². The maximum absolute atomic E-state index is 12.7. The number of hydrogen-bond donors (Lipinski definition) is 1. The van der Waals surface area contributed by atoms with Crippen LogP contribution in [0.25, 0.3) is 0 Å². The minimum atomic E-state index is -0.366. The minimum Gasteiger partial charge on any atom is -0.297 e. The van der Waals surface area contributed by atoms with Crippen LogP contribution in [-0.4, -0.2) is 9.55 Å². The number of nitrogens with one attached hydrogen (secondary N) is 1. The smallest absolute Gasteiger partial charge is 0.297 e. The zero-order valence-electron chi connectivity index (χ0n) is 11.8. The van der Waals surface area contributed by atoms with Crippen molar-refractivity contribution in [2.75, 3.05) is 0 Å². The van der Waals surface area contributed by atoms with Gasteiger partial charge in [-0.05, 0) is 38.0 Å². The number of nitrogens with zero attached hydrogens (tertiary/aromatic N) is 1. The van der Waals surface area contributed by atoms with Gasteiger partial charge in [0.2, 0.25) is 0 Å². The van der Waals surface area contributed by atoms with Gasteiger partial charge in [0.15, 0.2) is 0 Å². The quantitative estimate of drug-likeness (QED) is 0.867. The fraction of sp³-hybridized carbons (Fsp3) is 0.733. The van der Waals surface area contributed by atoms with E-state index in [1.54, 1.807) is 0 Å². The fourth-order valence-corrected chi connectivity index (χ4v) is 3.76. The maximum atomic E-state index is 12.7. The standard InChI is InChI=1S/C15H21ClN2O2/c1-9(8-10-6-7-10)18-14(19)12(11-4-2-3-5-11)13(16)17-15(18)20/h9-11H,2-8H2,1H3,(H,17,20). The topological polar surface area (TPSA) is 54.9 Å². The molecular formula is C15H21ClN2O2. The number of hydrogen-bond acceptors (Lipinski definition) is 2. The molecule has 0 saturated heterocycles. The highest BCUT2D eigenvalue weighted by molar-refractivity contribution is 6.30. The zero-order valence-corrected chi connectivity index (χ0v) is 12.6. The van der Waals surface area contributed by atoms with Gasteiger partial charge < -0.3 is 0 Å². The SMILES string of the molecule is CC(CC1CC1)n1c(=O)[nH]c(Cl)c(C2CCCC2)c1=O. The van der Waals surface area contributed by atoms with Gasteiger partial charge in [0.05, 0.1) is 5.56 Å². The summed E-state index contributed by atoms with van der Waals surface area (Å²) in [5, 5.41) is 0.252. The third-order valence-electron chi connectivity index (χ3n) is 4.70. The van der Waals surface area contributed by atoms with Gasteiger partial charge in [-0.15, -0.1) is 0 Å². The number of aromatic nitrogens is 2. The van der Waals surface area contributed by atoms with Crippen LogP contribution in [-0.2, 0) is 0 Å². The molecule has 110 valence electrons. The molecule has 1 atom stereocenters. The summed E-state index contributed by atoms with van der Waals surface area (Å²) in [5.41, 5.74) is 0.0973. The second-order valence-electron chi connectivity index (χ2n) is 6.34. The summed E-state index contributed by atoms with van der Waals surface area (Å²) < 4.78 is 1.39. The first-order chi connectivity index (χ1) is 9.58. The van der Waals surface area contributed by atoms with Crippen LogP contribution in [0.15, 0.2) is 9.59 Å². The molecule has 2 aliphatic rings. The lowest BCUT2D eigenvalue weighted by Crippen LogP contribution is -2.40. The molecule has 3 rings (SSSR count). The Balaban J connectivity index is 2.02. The van der Waals surface area contributed by atoms with Crippen molar-refractivity contribution in [3.63, 3.8) is 0 Å². The van der Waals surface area contributed by atoms with E-state index in [4.69, 9.17) is 11.6 Å². The third-order valence-corrected chi connectivity index (χ3v) is 4.99. The van der Waals surface area contributed by atoms with Gasteiger partial charge in [-0.3, -0.25) is 14.3 Å². The van der Waals surface area contributed by atoms with Crippen molar-refractivity contribution in [2.45, 2.75) is 63.8 Å². The van der Waals surface area contributed by atoms with Crippen molar-refractivity contribution >= 4 is 11.6 Å².